The zero-order chi connectivity index (χ0) is 13.9. The van der Waals surface area contributed by atoms with Crippen LogP contribution in [0.2, 0.25) is 0 Å². The van der Waals surface area contributed by atoms with Gasteiger partial charge in [0.05, 0.1) is 6.10 Å². The van der Waals surface area contributed by atoms with Crippen LogP contribution >= 0.6 is 0 Å². The first-order chi connectivity index (χ1) is 9.78. The van der Waals surface area contributed by atoms with Gasteiger partial charge in [0.15, 0.2) is 0 Å². The molecular weight excluding hydrogens is 248 g/mol. The monoisotopic (exact) mass is 280 g/mol. The first-order valence-corrected chi connectivity index (χ1v) is 8.97. The zero-order valence-electron chi connectivity index (χ0n) is 13.1. The van der Waals surface area contributed by atoms with E-state index in [0.717, 1.165) is 18.5 Å². The van der Waals surface area contributed by atoms with Gasteiger partial charge in [-0.2, -0.15) is 0 Å². The minimum atomic E-state index is -0.0865. The van der Waals surface area contributed by atoms with Crippen LogP contribution in [0.5, 0.6) is 0 Å². The number of rotatable bonds is 4. The Labute approximate surface area is 124 Å². The van der Waals surface area contributed by atoms with Crippen molar-refractivity contribution < 1.29 is 5.11 Å². The molecule has 3 heteroatoms. The second-order valence-corrected chi connectivity index (χ2v) is 7.27. The van der Waals surface area contributed by atoms with Gasteiger partial charge < -0.3 is 10.4 Å². The van der Waals surface area contributed by atoms with Gasteiger partial charge in [0.1, 0.15) is 0 Å². The number of fused-ring (bicyclic) bond motifs is 2. The first kappa shape index (κ1) is 14.8. The average molecular weight is 280 g/mol. The Morgan fingerprint density at radius 3 is 2.40 bits per heavy atom. The molecule has 1 saturated carbocycles. The van der Waals surface area contributed by atoms with Crippen molar-refractivity contribution in [2.45, 2.75) is 101 Å². The molecule has 0 radical (unpaired) electrons. The molecule has 2 heterocycles. The van der Waals surface area contributed by atoms with Crippen LogP contribution in [-0.4, -0.2) is 46.8 Å². The maximum atomic E-state index is 10.6. The highest BCUT2D eigenvalue weighted by atomic mass is 16.3. The third kappa shape index (κ3) is 3.20. The second kappa shape index (κ2) is 6.76. The van der Waals surface area contributed by atoms with Crippen molar-refractivity contribution in [3.05, 3.63) is 0 Å². The summed E-state index contributed by atoms with van der Waals surface area (Å²) in [5, 5.41) is 14.3. The molecule has 20 heavy (non-hydrogen) atoms. The molecule has 3 rings (SSSR count). The molecule has 3 aliphatic rings. The second-order valence-electron chi connectivity index (χ2n) is 7.27. The molecule has 4 atom stereocenters. The van der Waals surface area contributed by atoms with Gasteiger partial charge in [-0.1, -0.05) is 26.2 Å². The van der Waals surface area contributed by atoms with E-state index < -0.39 is 0 Å². The van der Waals surface area contributed by atoms with Gasteiger partial charge in [-0.15, -0.1) is 0 Å². The topological polar surface area (TPSA) is 35.5 Å². The lowest BCUT2D eigenvalue weighted by molar-refractivity contribution is 0.00613. The first-order valence-electron chi connectivity index (χ1n) is 8.97. The highest BCUT2D eigenvalue weighted by Crippen LogP contribution is 2.33. The van der Waals surface area contributed by atoms with Crippen molar-refractivity contribution in [2.24, 2.45) is 0 Å². The largest absolute Gasteiger partial charge is 0.391 e. The lowest BCUT2D eigenvalue weighted by Crippen LogP contribution is -2.54. The summed E-state index contributed by atoms with van der Waals surface area (Å²) in [6, 6.07) is 2.65. The van der Waals surface area contributed by atoms with Crippen LogP contribution in [-0.2, 0) is 0 Å². The Bertz CT molecular complexity index is 297. The number of aliphatic hydroxyl groups excluding tert-OH is 1. The quantitative estimate of drug-likeness (QED) is 0.777. The Morgan fingerprint density at radius 1 is 1.00 bits per heavy atom. The Balaban J connectivity index is 1.70. The average Bonchev–Trinajstić information content (AvgIpc) is 2.66. The zero-order valence-corrected chi connectivity index (χ0v) is 13.1. The fourth-order valence-corrected chi connectivity index (χ4v) is 4.83. The molecule has 4 unspecified atom stereocenters. The van der Waals surface area contributed by atoms with E-state index in [0.29, 0.717) is 12.1 Å². The van der Waals surface area contributed by atoms with Crippen LogP contribution in [0.3, 0.4) is 0 Å². The molecule has 2 saturated heterocycles. The summed E-state index contributed by atoms with van der Waals surface area (Å²) in [4.78, 5) is 2.71. The maximum absolute atomic E-state index is 10.6. The fourth-order valence-electron chi connectivity index (χ4n) is 4.83. The highest BCUT2D eigenvalue weighted by Gasteiger charge is 2.39. The van der Waals surface area contributed by atoms with E-state index in [1.54, 1.807) is 0 Å². The van der Waals surface area contributed by atoms with E-state index >= 15 is 0 Å². The van der Waals surface area contributed by atoms with E-state index in [1.165, 1.54) is 64.3 Å². The SMILES string of the molecule is CCCN(C1CC2CCC(C1)N2)C1CCCCCC1O. The maximum Gasteiger partial charge on any atom is 0.0695 e. The molecule has 2 bridgehead atoms. The van der Waals surface area contributed by atoms with Crippen LogP contribution in [0.15, 0.2) is 0 Å². The van der Waals surface area contributed by atoms with Gasteiger partial charge in [-0.3, -0.25) is 4.90 Å². The van der Waals surface area contributed by atoms with Crippen LogP contribution in [0.25, 0.3) is 0 Å². The Kier molecular flexibility index (Phi) is 5.00. The number of hydrogen-bond donors (Lipinski definition) is 2. The van der Waals surface area contributed by atoms with E-state index in [-0.39, 0.29) is 6.10 Å². The summed E-state index contributed by atoms with van der Waals surface area (Å²) < 4.78 is 0. The molecule has 0 aromatic heterocycles. The van der Waals surface area contributed by atoms with Crippen LogP contribution in [0, 0.1) is 0 Å². The number of piperidine rings is 1. The summed E-state index contributed by atoms with van der Waals surface area (Å²) in [6.45, 7) is 3.46. The summed E-state index contributed by atoms with van der Waals surface area (Å²) in [5.41, 5.74) is 0. The number of hydrogen-bond acceptors (Lipinski definition) is 3. The number of nitrogens with one attached hydrogen (secondary N) is 1. The Morgan fingerprint density at radius 2 is 1.70 bits per heavy atom. The van der Waals surface area contributed by atoms with Gasteiger partial charge in [0.25, 0.3) is 0 Å². The van der Waals surface area contributed by atoms with Crippen molar-refractivity contribution in [3.63, 3.8) is 0 Å². The van der Waals surface area contributed by atoms with Gasteiger partial charge in [-0.05, 0) is 51.5 Å². The van der Waals surface area contributed by atoms with Gasteiger partial charge >= 0.3 is 0 Å². The molecule has 0 amide bonds. The molecule has 0 aromatic carbocycles. The fraction of sp³-hybridized carbons (Fsp3) is 1.00. The standard InChI is InChI=1S/C17H32N2O/c1-2-10-19(16-6-4-3-5-7-17(16)20)15-11-13-8-9-14(12-15)18-13/h13-18,20H,2-12H2,1H3. The van der Waals surface area contributed by atoms with Crippen molar-refractivity contribution in [1.82, 2.24) is 10.2 Å². The Hall–Kier alpha value is -0.120. The minimum absolute atomic E-state index is 0.0865. The van der Waals surface area contributed by atoms with Gasteiger partial charge in [0.2, 0.25) is 0 Å². The number of nitrogens with zero attached hydrogens (tertiary/aromatic N) is 1. The predicted octanol–water partition coefficient (Wildman–Crippen LogP) is 2.68. The third-order valence-electron chi connectivity index (χ3n) is 5.77. The third-order valence-corrected chi connectivity index (χ3v) is 5.77. The van der Waals surface area contributed by atoms with Crippen molar-refractivity contribution in [1.29, 1.82) is 0 Å². The van der Waals surface area contributed by atoms with E-state index in [1.807, 2.05) is 0 Å². The van der Waals surface area contributed by atoms with Gasteiger partial charge in [0, 0.05) is 24.2 Å². The minimum Gasteiger partial charge on any atom is -0.391 e. The van der Waals surface area contributed by atoms with E-state index in [9.17, 15) is 5.11 Å². The molecule has 0 spiro atoms. The normalized spacial score (nSPS) is 41.9. The van der Waals surface area contributed by atoms with E-state index in [2.05, 4.69) is 17.1 Å². The molecular formula is C17H32N2O. The highest BCUT2D eigenvalue weighted by molar-refractivity contribution is 4.98. The smallest absolute Gasteiger partial charge is 0.0695 e. The lowest BCUT2D eigenvalue weighted by atomic mass is 9.93. The molecule has 2 N–H and O–H groups in total. The molecule has 3 fully saturated rings. The van der Waals surface area contributed by atoms with Crippen molar-refractivity contribution in [2.75, 3.05) is 6.54 Å². The summed E-state index contributed by atoms with van der Waals surface area (Å²) in [6.07, 6.45) is 12.5. The molecule has 1 aliphatic carbocycles. The number of aliphatic hydroxyl groups is 1. The van der Waals surface area contributed by atoms with Gasteiger partial charge in [-0.25, -0.2) is 0 Å². The van der Waals surface area contributed by atoms with Crippen LogP contribution in [0.4, 0.5) is 0 Å². The lowest BCUT2D eigenvalue weighted by Gasteiger charge is -2.43. The summed E-state index contributed by atoms with van der Waals surface area (Å²) in [7, 11) is 0. The summed E-state index contributed by atoms with van der Waals surface area (Å²) in [5.74, 6) is 0. The molecule has 3 nitrogen and oxygen atoms in total. The van der Waals surface area contributed by atoms with Crippen molar-refractivity contribution >= 4 is 0 Å². The predicted molar refractivity (Wildman–Crippen MR) is 82.8 cm³/mol. The van der Waals surface area contributed by atoms with Crippen LogP contribution in [0.1, 0.15) is 71.1 Å². The molecule has 2 aliphatic heterocycles. The summed E-state index contributed by atoms with van der Waals surface area (Å²) >= 11 is 0. The van der Waals surface area contributed by atoms with Crippen LogP contribution < -0.4 is 5.32 Å². The van der Waals surface area contributed by atoms with E-state index in [4.69, 9.17) is 0 Å². The van der Waals surface area contributed by atoms with Crippen molar-refractivity contribution in [3.8, 4) is 0 Å². The molecule has 0 aromatic rings. The molecule has 116 valence electrons.